The first-order valence-corrected chi connectivity index (χ1v) is 5.89. The molecule has 0 aliphatic heterocycles. The monoisotopic (exact) mass is 252 g/mol. The summed E-state index contributed by atoms with van der Waals surface area (Å²) in [5.41, 5.74) is 1.84. The molecule has 1 N–H and O–H groups in total. The summed E-state index contributed by atoms with van der Waals surface area (Å²) in [6.07, 6.45) is 0.835. The van der Waals surface area contributed by atoms with Gasteiger partial charge in [-0.25, -0.2) is 9.78 Å². The molecule has 2 heterocycles. The molecule has 17 heavy (non-hydrogen) atoms. The number of fused-ring (bicyclic) bond motifs is 1. The minimum absolute atomic E-state index is 0.268. The van der Waals surface area contributed by atoms with Gasteiger partial charge in [-0.15, -0.1) is 0 Å². The Bertz CT molecular complexity index is 563. The second-order valence-electron chi connectivity index (χ2n) is 3.59. The summed E-state index contributed by atoms with van der Waals surface area (Å²) in [4.78, 5) is 18.9. The van der Waals surface area contributed by atoms with E-state index >= 15 is 0 Å². The zero-order valence-corrected chi connectivity index (χ0v) is 10.5. The molecule has 0 bridgehead atoms. The number of ether oxygens (including phenoxy) is 1. The SMILES string of the molecule is CCOC(=O)c1[nH]c2nc(CC)ccc2c1Cl. The molecule has 0 aliphatic rings. The molecule has 0 spiro atoms. The molecule has 0 saturated carbocycles. The molecule has 0 fully saturated rings. The number of esters is 1. The van der Waals surface area contributed by atoms with Gasteiger partial charge in [0.2, 0.25) is 0 Å². The van der Waals surface area contributed by atoms with Crippen molar-refractivity contribution < 1.29 is 9.53 Å². The Labute approximate surface area is 104 Å². The molecule has 90 valence electrons. The van der Waals surface area contributed by atoms with Crippen LogP contribution in [0.1, 0.15) is 30.0 Å². The topological polar surface area (TPSA) is 55.0 Å². The van der Waals surface area contributed by atoms with Gasteiger partial charge >= 0.3 is 5.97 Å². The van der Waals surface area contributed by atoms with Crippen molar-refractivity contribution in [1.82, 2.24) is 9.97 Å². The Morgan fingerprint density at radius 1 is 1.47 bits per heavy atom. The van der Waals surface area contributed by atoms with Crippen molar-refractivity contribution in [2.45, 2.75) is 20.3 Å². The van der Waals surface area contributed by atoms with E-state index in [0.717, 1.165) is 17.5 Å². The van der Waals surface area contributed by atoms with Gasteiger partial charge in [0.15, 0.2) is 0 Å². The second-order valence-corrected chi connectivity index (χ2v) is 3.96. The molecule has 5 heteroatoms. The van der Waals surface area contributed by atoms with E-state index < -0.39 is 5.97 Å². The maximum atomic E-state index is 11.6. The first-order chi connectivity index (χ1) is 8.17. The van der Waals surface area contributed by atoms with Crippen LogP contribution in [0, 0.1) is 0 Å². The molecule has 0 atom stereocenters. The van der Waals surface area contributed by atoms with Gasteiger partial charge in [-0.2, -0.15) is 0 Å². The standard InChI is InChI=1S/C12H13ClN2O2/c1-3-7-5-6-8-9(13)10(12(16)17-4-2)15-11(8)14-7/h5-6H,3-4H2,1-2H3,(H,14,15). The molecular weight excluding hydrogens is 240 g/mol. The Kier molecular flexibility index (Phi) is 3.33. The summed E-state index contributed by atoms with van der Waals surface area (Å²) in [7, 11) is 0. The van der Waals surface area contributed by atoms with E-state index in [9.17, 15) is 4.79 Å². The molecule has 4 nitrogen and oxygen atoms in total. The fraction of sp³-hybridized carbons (Fsp3) is 0.333. The number of hydrogen-bond donors (Lipinski definition) is 1. The lowest BCUT2D eigenvalue weighted by Gasteiger charge is -1.98. The van der Waals surface area contributed by atoms with Gasteiger partial charge in [0.05, 0.1) is 11.6 Å². The molecule has 0 unspecified atom stereocenters. The molecule has 0 radical (unpaired) electrons. The predicted molar refractivity (Wildman–Crippen MR) is 66.4 cm³/mol. The summed E-state index contributed by atoms with van der Waals surface area (Å²) in [5, 5.41) is 1.11. The van der Waals surface area contributed by atoms with Gasteiger partial charge in [0.25, 0.3) is 0 Å². The number of carbonyl (C=O) groups is 1. The maximum Gasteiger partial charge on any atom is 0.356 e. The third-order valence-electron chi connectivity index (χ3n) is 2.49. The van der Waals surface area contributed by atoms with Crippen LogP contribution in [0.3, 0.4) is 0 Å². The van der Waals surface area contributed by atoms with Crippen LogP contribution in [-0.2, 0) is 11.2 Å². The van der Waals surface area contributed by atoms with Crippen molar-refractivity contribution in [3.05, 3.63) is 28.5 Å². The van der Waals surface area contributed by atoms with Crippen LogP contribution < -0.4 is 0 Å². The molecule has 0 amide bonds. The van der Waals surface area contributed by atoms with E-state index in [1.807, 2.05) is 19.1 Å². The number of hydrogen-bond acceptors (Lipinski definition) is 3. The van der Waals surface area contributed by atoms with Gasteiger partial charge in [0.1, 0.15) is 11.3 Å². The highest BCUT2D eigenvalue weighted by Gasteiger charge is 2.18. The molecule has 2 aromatic rings. The lowest BCUT2D eigenvalue weighted by Crippen LogP contribution is -2.05. The zero-order chi connectivity index (χ0) is 12.4. The molecule has 0 aliphatic carbocycles. The number of pyridine rings is 1. The number of nitrogens with one attached hydrogen (secondary N) is 1. The van der Waals surface area contributed by atoms with Crippen LogP contribution in [0.15, 0.2) is 12.1 Å². The fourth-order valence-electron chi connectivity index (χ4n) is 1.62. The van der Waals surface area contributed by atoms with Crippen LogP contribution >= 0.6 is 11.6 Å². The quantitative estimate of drug-likeness (QED) is 0.855. The minimum atomic E-state index is -0.450. The lowest BCUT2D eigenvalue weighted by molar-refractivity contribution is 0.0521. The molecular formula is C12H13ClN2O2. The van der Waals surface area contributed by atoms with Crippen molar-refractivity contribution in [1.29, 1.82) is 0 Å². The number of aromatic amines is 1. The van der Waals surface area contributed by atoms with Gasteiger partial charge in [0, 0.05) is 11.1 Å². The highest BCUT2D eigenvalue weighted by molar-refractivity contribution is 6.38. The van der Waals surface area contributed by atoms with E-state index in [-0.39, 0.29) is 5.69 Å². The number of aryl methyl sites for hydroxylation is 1. The average Bonchev–Trinajstić information content (AvgIpc) is 2.66. The Hall–Kier alpha value is -1.55. The van der Waals surface area contributed by atoms with E-state index in [1.54, 1.807) is 6.92 Å². The molecule has 2 rings (SSSR count). The van der Waals surface area contributed by atoms with Crippen LogP contribution in [0.25, 0.3) is 11.0 Å². The largest absolute Gasteiger partial charge is 0.461 e. The normalized spacial score (nSPS) is 10.8. The van der Waals surface area contributed by atoms with Gasteiger partial charge in [-0.3, -0.25) is 0 Å². The van der Waals surface area contributed by atoms with Crippen molar-refractivity contribution in [2.24, 2.45) is 0 Å². The summed E-state index contributed by atoms with van der Waals surface area (Å²) in [6.45, 7) is 4.09. The van der Waals surface area contributed by atoms with Crippen molar-refractivity contribution in [2.75, 3.05) is 6.61 Å². The highest BCUT2D eigenvalue weighted by Crippen LogP contribution is 2.27. The number of aromatic nitrogens is 2. The van der Waals surface area contributed by atoms with E-state index in [2.05, 4.69) is 9.97 Å². The average molecular weight is 253 g/mol. The first kappa shape index (κ1) is 11.9. The van der Waals surface area contributed by atoms with Gasteiger partial charge in [-0.05, 0) is 25.5 Å². The number of carbonyl (C=O) groups excluding carboxylic acids is 1. The molecule has 0 aromatic carbocycles. The second kappa shape index (κ2) is 4.75. The summed E-state index contributed by atoms with van der Waals surface area (Å²) in [6, 6.07) is 3.76. The number of nitrogens with zero attached hydrogens (tertiary/aromatic N) is 1. The van der Waals surface area contributed by atoms with Crippen LogP contribution in [-0.4, -0.2) is 22.5 Å². The number of rotatable bonds is 3. The fourth-order valence-corrected chi connectivity index (χ4v) is 1.90. The Balaban J connectivity index is 2.52. The summed E-state index contributed by atoms with van der Waals surface area (Å²) >= 11 is 6.11. The van der Waals surface area contributed by atoms with Gasteiger partial charge in [-0.1, -0.05) is 18.5 Å². The van der Waals surface area contributed by atoms with E-state index in [0.29, 0.717) is 17.3 Å². The van der Waals surface area contributed by atoms with Crippen molar-refractivity contribution >= 4 is 28.6 Å². The summed E-state index contributed by atoms with van der Waals surface area (Å²) < 4.78 is 4.91. The molecule has 0 saturated heterocycles. The van der Waals surface area contributed by atoms with Crippen LogP contribution in [0.4, 0.5) is 0 Å². The first-order valence-electron chi connectivity index (χ1n) is 5.51. The van der Waals surface area contributed by atoms with Gasteiger partial charge < -0.3 is 9.72 Å². The third kappa shape index (κ3) is 2.13. The Morgan fingerprint density at radius 3 is 2.88 bits per heavy atom. The smallest absolute Gasteiger partial charge is 0.356 e. The highest BCUT2D eigenvalue weighted by atomic mass is 35.5. The van der Waals surface area contributed by atoms with Crippen LogP contribution in [0.5, 0.6) is 0 Å². The van der Waals surface area contributed by atoms with Crippen LogP contribution in [0.2, 0.25) is 5.02 Å². The Morgan fingerprint density at radius 2 is 2.24 bits per heavy atom. The van der Waals surface area contributed by atoms with E-state index in [4.69, 9.17) is 16.3 Å². The maximum absolute atomic E-state index is 11.6. The number of halogens is 1. The number of H-pyrrole nitrogens is 1. The zero-order valence-electron chi connectivity index (χ0n) is 9.71. The third-order valence-corrected chi connectivity index (χ3v) is 2.89. The van der Waals surface area contributed by atoms with Crippen molar-refractivity contribution in [3.63, 3.8) is 0 Å². The lowest BCUT2D eigenvalue weighted by atomic mass is 10.2. The molecule has 2 aromatic heterocycles. The summed E-state index contributed by atoms with van der Waals surface area (Å²) in [5.74, 6) is -0.450. The van der Waals surface area contributed by atoms with Crippen molar-refractivity contribution in [3.8, 4) is 0 Å². The van der Waals surface area contributed by atoms with E-state index in [1.165, 1.54) is 0 Å². The predicted octanol–water partition coefficient (Wildman–Crippen LogP) is 2.96. The minimum Gasteiger partial charge on any atom is -0.461 e.